The van der Waals surface area contributed by atoms with Crippen molar-refractivity contribution in [2.75, 3.05) is 32.5 Å². The fourth-order valence-electron chi connectivity index (χ4n) is 3.44. The Kier molecular flexibility index (Phi) is 8.26. The number of alkyl halides is 3. The number of amides is 1. The number of para-hydroxylation sites is 1. The van der Waals surface area contributed by atoms with Crippen LogP contribution in [0, 0.1) is 0 Å². The van der Waals surface area contributed by atoms with E-state index in [1.54, 1.807) is 35.2 Å². The van der Waals surface area contributed by atoms with E-state index in [0.717, 1.165) is 6.26 Å². The third-order valence-corrected chi connectivity index (χ3v) is 5.64. The predicted molar refractivity (Wildman–Crippen MR) is 117 cm³/mol. The van der Waals surface area contributed by atoms with Gasteiger partial charge in [-0.05, 0) is 24.3 Å². The number of carbonyl (C=O) groups is 1. The molecule has 186 valence electrons. The number of carbonyl (C=O) groups excluding carboxylic acids is 1. The summed E-state index contributed by atoms with van der Waals surface area (Å²) in [4.78, 5) is 14.7. The number of ether oxygens (including phenoxy) is 3. The van der Waals surface area contributed by atoms with E-state index in [2.05, 4.69) is 9.46 Å². The summed E-state index contributed by atoms with van der Waals surface area (Å²) in [5, 5.41) is 0. The minimum absolute atomic E-state index is 0.0599. The molecule has 1 heterocycles. The average Bonchev–Trinajstić information content (AvgIpc) is 2.75. The Bertz CT molecular complexity index is 1090. The second kappa shape index (κ2) is 11.0. The summed E-state index contributed by atoms with van der Waals surface area (Å²) in [5.41, 5.74) is 0.359. The van der Waals surface area contributed by atoms with Crippen molar-refractivity contribution in [1.29, 1.82) is 0 Å². The fraction of sp³-hybridized carbons (Fsp3) is 0.409. The van der Waals surface area contributed by atoms with Crippen LogP contribution in [0.1, 0.15) is 23.2 Å². The molecule has 0 unspecified atom stereocenters. The highest BCUT2D eigenvalue weighted by Gasteiger charge is 2.31. The maximum absolute atomic E-state index is 13.0. The molecule has 2 aromatic rings. The summed E-state index contributed by atoms with van der Waals surface area (Å²) in [6, 6.07) is 12.0. The number of piperidine rings is 1. The number of nitrogens with zero attached hydrogens (tertiary/aromatic N) is 1. The maximum atomic E-state index is 13.0. The van der Waals surface area contributed by atoms with Crippen molar-refractivity contribution in [2.45, 2.75) is 25.3 Å². The lowest BCUT2D eigenvalue weighted by atomic mass is 10.1. The van der Waals surface area contributed by atoms with Gasteiger partial charge in [0.05, 0.1) is 11.8 Å². The minimum atomic E-state index is -4.78. The van der Waals surface area contributed by atoms with Gasteiger partial charge >= 0.3 is 6.36 Å². The molecule has 8 nitrogen and oxygen atoms in total. The monoisotopic (exact) mass is 502 g/mol. The van der Waals surface area contributed by atoms with Gasteiger partial charge in [0.15, 0.2) is 0 Å². The van der Waals surface area contributed by atoms with E-state index >= 15 is 0 Å². The van der Waals surface area contributed by atoms with Crippen LogP contribution in [0.25, 0.3) is 0 Å². The smallest absolute Gasteiger partial charge is 0.491 e. The first-order chi connectivity index (χ1) is 16.0. The Hall–Kier alpha value is -2.99. The van der Waals surface area contributed by atoms with E-state index < -0.39 is 16.4 Å². The zero-order valence-electron chi connectivity index (χ0n) is 18.4. The minimum Gasteiger partial charge on any atom is -0.491 e. The lowest BCUT2D eigenvalue weighted by Crippen LogP contribution is -2.42. The molecule has 0 saturated carbocycles. The summed E-state index contributed by atoms with van der Waals surface area (Å²) in [7, 11) is -3.33. The van der Waals surface area contributed by atoms with Crippen LogP contribution in [0.5, 0.6) is 17.2 Å². The van der Waals surface area contributed by atoms with Gasteiger partial charge in [-0.1, -0.05) is 18.2 Å². The molecule has 0 atom stereocenters. The van der Waals surface area contributed by atoms with Gasteiger partial charge in [0.2, 0.25) is 10.0 Å². The molecule has 2 aromatic carbocycles. The molecule has 0 aromatic heterocycles. The van der Waals surface area contributed by atoms with Gasteiger partial charge in [-0.2, -0.15) is 0 Å². The molecule has 0 bridgehead atoms. The summed E-state index contributed by atoms with van der Waals surface area (Å²) in [6.07, 6.45) is -3.01. The Balaban J connectivity index is 1.54. The summed E-state index contributed by atoms with van der Waals surface area (Å²) in [6.45, 7) is 0.919. The number of hydrogen-bond acceptors (Lipinski definition) is 6. The van der Waals surface area contributed by atoms with Crippen molar-refractivity contribution >= 4 is 15.9 Å². The number of nitrogens with one attached hydrogen (secondary N) is 1. The number of rotatable bonds is 9. The molecule has 12 heteroatoms. The van der Waals surface area contributed by atoms with Crippen molar-refractivity contribution < 1.29 is 40.6 Å². The van der Waals surface area contributed by atoms with Gasteiger partial charge in [0.25, 0.3) is 5.91 Å². The molecular weight excluding hydrogens is 477 g/mol. The summed E-state index contributed by atoms with van der Waals surface area (Å²) < 4.78 is 77.2. The molecule has 0 radical (unpaired) electrons. The van der Waals surface area contributed by atoms with Crippen LogP contribution in [-0.4, -0.2) is 64.2 Å². The van der Waals surface area contributed by atoms with Crippen molar-refractivity contribution in [1.82, 2.24) is 9.62 Å². The van der Waals surface area contributed by atoms with Crippen LogP contribution >= 0.6 is 0 Å². The molecule has 1 aliphatic heterocycles. The molecule has 0 spiro atoms. The zero-order valence-corrected chi connectivity index (χ0v) is 19.2. The number of hydrogen-bond donors (Lipinski definition) is 1. The molecule has 3 rings (SSSR count). The van der Waals surface area contributed by atoms with E-state index in [0.29, 0.717) is 37.2 Å². The fourth-order valence-corrected chi connectivity index (χ4v) is 3.90. The Morgan fingerprint density at radius 2 is 1.76 bits per heavy atom. The highest BCUT2D eigenvalue weighted by Crippen LogP contribution is 2.28. The van der Waals surface area contributed by atoms with E-state index in [-0.39, 0.29) is 36.7 Å². The summed E-state index contributed by atoms with van der Waals surface area (Å²) >= 11 is 0. The molecule has 1 saturated heterocycles. The summed E-state index contributed by atoms with van der Waals surface area (Å²) in [5.74, 6) is 0.0160. The first kappa shape index (κ1) is 25.6. The Morgan fingerprint density at radius 3 is 2.44 bits per heavy atom. The van der Waals surface area contributed by atoms with Gasteiger partial charge in [-0.3, -0.25) is 4.79 Å². The SMILES string of the molecule is CS(=O)(=O)NCCOc1ccccc1C(=O)N1CCC(Oc2cccc(OC(F)(F)F)c2)CC1. The lowest BCUT2D eigenvalue weighted by molar-refractivity contribution is -0.274. The average molecular weight is 503 g/mol. The first-order valence-corrected chi connectivity index (χ1v) is 12.4. The van der Waals surface area contributed by atoms with E-state index in [4.69, 9.17) is 9.47 Å². The molecule has 1 aliphatic rings. The van der Waals surface area contributed by atoms with Crippen LogP contribution in [0.4, 0.5) is 13.2 Å². The number of halogens is 3. The van der Waals surface area contributed by atoms with Gasteiger partial charge in [0, 0.05) is 38.5 Å². The van der Waals surface area contributed by atoms with Crippen molar-refractivity contribution in [3.8, 4) is 17.2 Å². The van der Waals surface area contributed by atoms with E-state index in [1.165, 1.54) is 18.2 Å². The molecule has 34 heavy (non-hydrogen) atoms. The van der Waals surface area contributed by atoms with E-state index in [9.17, 15) is 26.4 Å². The van der Waals surface area contributed by atoms with Crippen molar-refractivity contribution in [3.05, 3.63) is 54.1 Å². The number of likely N-dealkylation sites (tertiary alicyclic amines) is 1. The van der Waals surface area contributed by atoms with Crippen LogP contribution in [0.2, 0.25) is 0 Å². The van der Waals surface area contributed by atoms with E-state index in [1.807, 2.05) is 0 Å². The van der Waals surface area contributed by atoms with Crippen LogP contribution in [-0.2, 0) is 10.0 Å². The Morgan fingerprint density at radius 1 is 1.09 bits per heavy atom. The largest absolute Gasteiger partial charge is 0.573 e. The predicted octanol–water partition coefficient (Wildman–Crippen LogP) is 3.20. The zero-order chi connectivity index (χ0) is 24.8. The van der Waals surface area contributed by atoms with Crippen LogP contribution in [0.15, 0.2) is 48.5 Å². The highest BCUT2D eigenvalue weighted by atomic mass is 32.2. The molecular formula is C22H25F3N2O6S. The molecule has 1 N–H and O–H groups in total. The highest BCUT2D eigenvalue weighted by molar-refractivity contribution is 7.88. The second-order valence-corrected chi connectivity index (χ2v) is 9.48. The molecule has 0 aliphatic carbocycles. The van der Waals surface area contributed by atoms with Gasteiger partial charge in [0.1, 0.15) is 30.0 Å². The quantitative estimate of drug-likeness (QED) is 0.530. The Labute approximate surface area is 195 Å². The standard InChI is InChI=1S/C22H25F3N2O6S/c1-34(29,30)26-11-14-31-20-8-3-2-7-19(20)21(28)27-12-9-16(10-13-27)32-17-5-4-6-18(15-17)33-22(23,24)25/h2-8,15-16,26H,9-14H2,1H3. The van der Waals surface area contributed by atoms with Crippen molar-refractivity contribution in [3.63, 3.8) is 0 Å². The van der Waals surface area contributed by atoms with Gasteiger partial charge in [-0.15, -0.1) is 13.2 Å². The maximum Gasteiger partial charge on any atom is 0.573 e. The van der Waals surface area contributed by atoms with Crippen LogP contribution in [0.3, 0.4) is 0 Å². The topological polar surface area (TPSA) is 94.2 Å². The van der Waals surface area contributed by atoms with Crippen molar-refractivity contribution in [2.24, 2.45) is 0 Å². The van der Waals surface area contributed by atoms with Gasteiger partial charge < -0.3 is 19.1 Å². The number of benzene rings is 2. The van der Waals surface area contributed by atoms with Crippen LogP contribution < -0.4 is 18.9 Å². The van der Waals surface area contributed by atoms with Gasteiger partial charge in [-0.25, -0.2) is 13.1 Å². The normalized spacial score (nSPS) is 15.1. The lowest BCUT2D eigenvalue weighted by Gasteiger charge is -2.32. The molecule has 1 amide bonds. The number of sulfonamides is 1. The molecule has 1 fully saturated rings. The third kappa shape index (κ3) is 8.10. The first-order valence-electron chi connectivity index (χ1n) is 10.5. The second-order valence-electron chi connectivity index (χ2n) is 7.64. The third-order valence-electron chi connectivity index (χ3n) is 4.91.